The second-order valence-electron chi connectivity index (χ2n) is 1.23. The number of hydrogen-bond acceptors (Lipinski definition) is 0. The molecule has 0 unspecified atom stereocenters. The summed E-state index contributed by atoms with van der Waals surface area (Å²) in [5.41, 5.74) is 0. The Kier molecular flexibility index (Phi) is 5.99. The van der Waals surface area contributed by atoms with Crippen molar-refractivity contribution in [3.63, 3.8) is 0 Å². The molecule has 0 aliphatic rings. The minimum absolute atomic E-state index is 0.598. The van der Waals surface area contributed by atoms with Crippen LogP contribution >= 0.6 is 34.2 Å². The van der Waals surface area contributed by atoms with Gasteiger partial charge in [0.2, 0.25) is 0 Å². The van der Waals surface area contributed by atoms with Crippen LogP contribution in [0.5, 0.6) is 0 Å². The Bertz CT molecular complexity index is 105. The average Bonchev–Trinajstić information content (AvgIpc) is 1.83. The molecule has 0 amide bonds. The summed E-state index contributed by atoms with van der Waals surface area (Å²) in [6.07, 6.45) is 5.94. The number of allylic oxidation sites excluding steroid dienone is 4. The van der Waals surface area contributed by atoms with Crippen LogP contribution in [0, 0.1) is 0 Å². The van der Waals surface area contributed by atoms with Crippen LogP contribution in [0.4, 0.5) is 0 Å². The van der Waals surface area contributed by atoms with E-state index < -0.39 is 0 Å². The molecular weight excluding hydrogens is 234 g/mol. The van der Waals surface area contributed by atoms with Gasteiger partial charge in [0.15, 0.2) is 0 Å². The maximum atomic E-state index is 5.39. The highest BCUT2D eigenvalue weighted by atomic mass is 127. The fourth-order valence-corrected chi connectivity index (χ4v) is 0.597. The second-order valence-corrected chi connectivity index (χ2v) is 2.78. The molecule has 0 aromatic rings. The van der Waals surface area contributed by atoms with E-state index in [-0.39, 0.29) is 0 Å². The van der Waals surface area contributed by atoms with E-state index in [1.165, 1.54) is 3.58 Å². The predicted octanol–water partition coefficient (Wildman–Crippen LogP) is 3.12. The van der Waals surface area contributed by atoms with Gasteiger partial charge in [0.05, 0.1) is 0 Å². The summed E-state index contributed by atoms with van der Waals surface area (Å²) in [5.74, 6) is 0.598. The summed E-state index contributed by atoms with van der Waals surface area (Å²) in [7, 11) is 0. The van der Waals surface area contributed by atoms with Crippen LogP contribution in [-0.4, -0.2) is 5.88 Å². The van der Waals surface area contributed by atoms with Crippen LogP contribution in [0.2, 0.25) is 0 Å². The van der Waals surface area contributed by atoms with Gasteiger partial charge >= 0.3 is 0 Å². The number of rotatable bonds is 2. The van der Waals surface area contributed by atoms with E-state index in [0.717, 1.165) is 0 Å². The van der Waals surface area contributed by atoms with Crippen molar-refractivity contribution < 1.29 is 0 Å². The third-order valence-corrected chi connectivity index (χ3v) is 1.80. The van der Waals surface area contributed by atoms with E-state index in [4.69, 9.17) is 11.6 Å². The minimum atomic E-state index is 0.598. The average molecular weight is 242 g/mol. The topological polar surface area (TPSA) is 0 Å². The van der Waals surface area contributed by atoms with Gasteiger partial charge < -0.3 is 0 Å². The standard InChI is InChI=1S/C6H8ClI/c1-2-6(8)4-3-5-7/h2-4H,5H2,1H3/b4-3-,6-2+. The highest BCUT2D eigenvalue weighted by Gasteiger charge is 1.75. The molecule has 0 nitrogen and oxygen atoms in total. The maximum absolute atomic E-state index is 5.39. The van der Waals surface area contributed by atoms with E-state index in [1.807, 2.05) is 25.2 Å². The van der Waals surface area contributed by atoms with Crippen LogP contribution < -0.4 is 0 Å². The van der Waals surface area contributed by atoms with Crippen molar-refractivity contribution in [2.45, 2.75) is 6.92 Å². The molecule has 2 heteroatoms. The summed E-state index contributed by atoms with van der Waals surface area (Å²) in [6.45, 7) is 2.00. The van der Waals surface area contributed by atoms with Gasteiger partial charge in [-0.05, 0) is 29.5 Å². The van der Waals surface area contributed by atoms with Crippen LogP contribution in [0.15, 0.2) is 21.8 Å². The van der Waals surface area contributed by atoms with Gasteiger partial charge in [0.1, 0.15) is 0 Å². The van der Waals surface area contributed by atoms with Crippen molar-refractivity contribution in [1.29, 1.82) is 0 Å². The van der Waals surface area contributed by atoms with Crippen molar-refractivity contribution in [1.82, 2.24) is 0 Å². The molecule has 0 bridgehead atoms. The van der Waals surface area contributed by atoms with E-state index in [1.54, 1.807) is 0 Å². The zero-order chi connectivity index (χ0) is 6.41. The van der Waals surface area contributed by atoms with Crippen molar-refractivity contribution in [2.24, 2.45) is 0 Å². The molecule has 0 rings (SSSR count). The SMILES string of the molecule is C/C=C(I)\C=C/CCl. The van der Waals surface area contributed by atoms with Gasteiger partial charge in [0.25, 0.3) is 0 Å². The third kappa shape index (κ3) is 4.65. The van der Waals surface area contributed by atoms with Crippen molar-refractivity contribution in [3.05, 3.63) is 21.8 Å². The molecule has 0 N–H and O–H groups in total. The van der Waals surface area contributed by atoms with Gasteiger partial charge in [-0.25, -0.2) is 0 Å². The van der Waals surface area contributed by atoms with Gasteiger partial charge in [-0.2, -0.15) is 0 Å². The molecule has 0 saturated carbocycles. The first-order chi connectivity index (χ1) is 3.81. The lowest BCUT2D eigenvalue weighted by atomic mass is 10.5. The van der Waals surface area contributed by atoms with Gasteiger partial charge in [-0.1, -0.05) is 18.2 Å². The zero-order valence-electron chi connectivity index (χ0n) is 4.70. The molecule has 0 aromatic carbocycles. The first-order valence-electron chi connectivity index (χ1n) is 2.35. The zero-order valence-corrected chi connectivity index (χ0v) is 7.61. The number of hydrogen-bond donors (Lipinski definition) is 0. The number of halogens is 2. The van der Waals surface area contributed by atoms with E-state index >= 15 is 0 Å². The fourth-order valence-electron chi connectivity index (χ4n) is 0.253. The molecule has 0 aromatic heterocycles. The summed E-state index contributed by atoms with van der Waals surface area (Å²) < 4.78 is 1.23. The number of alkyl halides is 1. The summed E-state index contributed by atoms with van der Waals surface area (Å²) >= 11 is 7.63. The third-order valence-electron chi connectivity index (χ3n) is 0.642. The van der Waals surface area contributed by atoms with Crippen LogP contribution in [0.3, 0.4) is 0 Å². The van der Waals surface area contributed by atoms with Gasteiger partial charge in [-0.3, -0.25) is 0 Å². The normalized spacial score (nSPS) is 13.1. The molecule has 0 aliphatic carbocycles. The summed E-state index contributed by atoms with van der Waals surface area (Å²) in [4.78, 5) is 0. The molecule has 0 saturated heterocycles. The Balaban J connectivity index is 3.53. The lowest BCUT2D eigenvalue weighted by molar-refractivity contribution is 1.68. The fraction of sp³-hybridized carbons (Fsp3) is 0.333. The first kappa shape index (κ1) is 8.50. The van der Waals surface area contributed by atoms with Crippen LogP contribution in [0.25, 0.3) is 0 Å². The van der Waals surface area contributed by atoms with Crippen LogP contribution in [0.1, 0.15) is 6.92 Å². The Morgan fingerprint density at radius 1 is 1.75 bits per heavy atom. The van der Waals surface area contributed by atoms with Crippen LogP contribution in [-0.2, 0) is 0 Å². The molecule has 0 heterocycles. The Morgan fingerprint density at radius 2 is 2.38 bits per heavy atom. The summed E-state index contributed by atoms with van der Waals surface area (Å²) in [6, 6.07) is 0. The largest absolute Gasteiger partial charge is 0.122 e. The van der Waals surface area contributed by atoms with Crippen molar-refractivity contribution in [2.75, 3.05) is 5.88 Å². The Morgan fingerprint density at radius 3 is 2.75 bits per heavy atom. The Hall–Kier alpha value is 0.500. The molecule has 0 atom stereocenters. The molecular formula is C6H8ClI. The molecule has 46 valence electrons. The summed E-state index contributed by atoms with van der Waals surface area (Å²) in [5, 5.41) is 0. The molecule has 0 aliphatic heterocycles. The highest BCUT2D eigenvalue weighted by Crippen LogP contribution is 2.05. The quantitative estimate of drug-likeness (QED) is 0.396. The molecule has 0 fully saturated rings. The molecule has 8 heavy (non-hydrogen) atoms. The van der Waals surface area contributed by atoms with Gasteiger partial charge in [0, 0.05) is 9.46 Å². The smallest absolute Gasteiger partial charge is 0.0407 e. The van der Waals surface area contributed by atoms with Crippen molar-refractivity contribution in [3.8, 4) is 0 Å². The molecule has 0 radical (unpaired) electrons. The monoisotopic (exact) mass is 242 g/mol. The first-order valence-corrected chi connectivity index (χ1v) is 3.97. The van der Waals surface area contributed by atoms with E-state index in [9.17, 15) is 0 Å². The van der Waals surface area contributed by atoms with Crippen molar-refractivity contribution >= 4 is 34.2 Å². The minimum Gasteiger partial charge on any atom is -0.122 e. The second kappa shape index (κ2) is 5.63. The highest BCUT2D eigenvalue weighted by molar-refractivity contribution is 14.1. The maximum Gasteiger partial charge on any atom is 0.0407 e. The van der Waals surface area contributed by atoms with E-state index in [2.05, 4.69) is 22.6 Å². The lowest BCUT2D eigenvalue weighted by Crippen LogP contribution is -1.60. The Labute approximate surface area is 68.7 Å². The molecule has 0 spiro atoms. The van der Waals surface area contributed by atoms with Gasteiger partial charge in [-0.15, -0.1) is 11.6 Å². The van der Waals surface area contributed by atoms with E-state index in [0.29, 0.717) is 5.88 Å². The predicted molar refractivity (Wildman–Crippen MR) is 47.6 cm³/mol. The lowest BCUT2D eigenvalue weighted by Gasteiger charge is -1.81.